The van der Waals surface area contributed by atoms with Crippen molar-refractivity contribution in [3.8, 4) is 10.4 Å². The Labute approximate surface area is 98.4 Å². The summed E-state index contributed by atoms with van der Waals surface area (Å²) in [6, 6.07) is 4.18. The van der Waals surface area contributed by atoms with Gasteiger partial charge in [0, 0.05) is 23.5 Å². The summed E-state index contributed by atoms with van der Waals surface area (Å²) >= 11 is 1.52. The highest BCUT2D eigenvalue weighted by Crippen LogP contribution is 2.47. The summed E-state index contributed by atoms with van der Waals surface area (Å²) in [5.74, 6) is 0. The minimum Gasteiger partial charge on any atom is -0.375 e. The summed E-state index contributed by atoms with van der Waals surface area (Å²) in [6.45, 7) is 2.26. The van der Waals surface area contributed by atoms with Crippen LogP contribution in [0.5, 0.6) is 0 Å². The van der Waals surface area contributed by atoms with E-state index in [1.165, 1.54) is 35.4 Å². The predicted octanol–water partition coefficient (Wildman–Crippen LogP) is 2.84. The molecule has 4 heteroatoms. The summed E-state index contributed by atoms with van der Waals surface area (Å²) in [5, 5.41) is 0.617. The minimum absolute atomic E-state index is 0.312. The number of hydrogen-bond donors (Lipinski definition) is 1. The van der Waals surface area contributed by atoms with Crippen LogP contribution in [-0.4, -0.2) is 9.97 Å². The molecule has 2 aromatic heterocycles. The zero-order valence-electron chi connectivity index (χ0n) is 9.10. The normalized spacial score (nSPS) is 17.3. The van der Waals surface area contributed by atoms with Gasteiger partial charge in [0.1, 0.15) is 0 Å². The molecule has 0 saturated heterocycles. The molecular formula is C12H13N3S. The molecule has 1 aliphatic carbocycles. The van der Waals surface area contributed by atoms with Gasteiger partial charge in [-0.3, -0.25) is 4.98 Å². The van der Waals surface area contributed by atoms with Crippen LogP contribution in [0.15, 0.2) is 24.5 Å². The largest absolute Gasteiger partial charge is 0.375 e. The zero-order chi connectivity index (χ0) is 11.2. The van der Waals surface area contributed by atoms with E-state index in [9.17, 15) is 0 Å². The molecule has 0 bridgehead atoms. The number of aromatic nitrogens is 2. The number of rotatable bonds is 2. The lowest BCUT2D eigenvalue weighted by atomic mass is 10.0. The topological polar surface area (TPSA) is 51.8 Å². The molecule has 2 N–H and O–H groups in total. The van der Waals surface area contributed by atoms with Crippen molar-refractivity contribution >= 4 is 16.5 Å². The fraction of sp³-hybridized carbons (Fsp3) is 0.333. The maximum Gasteiger partial charge on any atom is 0.180 e. The number of nitrogen functional groups attached to an aromatic ring is 1. The molecule has 0 aromatic carbocycles. The Morgan fingerprint density at radius 3 is 2.81 bits per heavy atom. The summed E-state index contributed by atoms with van der Waals surface area (Å²) < 4.78 is 0. The molecule has 1 aliphatic rings. The second-order valence-corrected chi connectivity index (χ2v) is 5.62. The van der Waals surface area contributed by atoms with E-state index in [1.807, 2.05) is 18.5 Å². The third-order valence-electron chi connectivity index (χ3n) is 3.19. The molecule has 1 fully saturated rings. The van der Waals surface area contributed by atoms with Crippen molar-refractivity contribution < 1.29 is 0 Å². The molecule has 2 heterocycles. The summed E-state index contributed by atoms with van der Waals surface area (Å²) in [7, 11) is 0. The second kappa shape index (κ2) is 3.28. The zero-order valence-corrected chi connectivity index (χ0v) is 9.92. The summed E-state index contributed by atoms with van der Waals surface area (Å²) in [4.78, 5) is 9.65. The monoisotopic (exact) mass is 231 g/mol. The first-order chi connectivity index (χ1) is 7.67. The van der Waals surface area contributed by atoms with Crippen molar-refractivity contribution in [3.63, 3.8) is 0 Å². The Balaban J connectivity index is 2.02. The Kier molecular flexibility index (Phi) is 2.01. The lowest BCUT2D eigenvalue weighted by molar-refractivity contribution is 0.751. The molecule has 0 spiro atoms. The van der Waals surface area contributed by atoms with Gasteiger partial charge in [0.05, 0.1) is 4.88 Å². The average Bonchev–Trinajstić information content (AvgIpc) is 2.89. The SMILES string of the molecule is CC1(c2cc(-c3cnc(N)s3)ccn2)CC1. The van der Waals surface area contributed by atoms with E-state index < -0.39 is 0 Å². The highest BCUT2D eigenvalue weighted by atomic mass is 32.1. The molecule has 3 rings (SSSR count). The van der Waals surface area contributed by atoms with Crippen LogP contribution < -0.4 is 5.73 Å². The van der Waals surface area contributed by atoms with E-state index in [2.05, 4.69) is 23.0 Å². The van der Waals surface area contributed by atoms with Crippen LogP contribution in [-0.2, 0) is 5.41 Å². The summed E-state index contributed by atoms with van der Waals surface area (Å²) in [5.41, 5.74) is 8.32. The van der Waals surface area contributed by atoms with Gasteiger partial charge in [-0.1, -0.05) is 18.3 Å². The third kappa shape index (κ3) is 1.59. The summed E-state index contributed by atoms with van der Waals surface area (Å²) in [6.07, 6.45) is 6.20. The number of anilines is 1. The van der Waals surface area contributed by atoms with Gasteiger partial charge in [-0.05, 0) is 30.5 Å². The third-order valence-corrected chi connectivity index (χ3v) is 4.06. The van der Waals surface area contributed by atoms with Crippen LogP contribution in [0.4, 0.5) is 5.13 Å². The van der Waals surface area contributed by atoms with Crippen LogP contribution in [0.1, 0.15) is 25.5 Å². The number of hydrogen-bond acceptors (Lipinski definition) is 4. The molecule has 0 unspecified atom stereocenters. The number of nitrogens with two attached hydrogens (primary N) is 1. The van der Waals surface area contributed by atoms with Crippen molar-refractivity contribution in [2.24, 2.45) is 0 Å². The van der Waals surface area contributed by atoms with Crippen LogP contribution in [0, 0.1) is 0 Å². The van der Waals surface area contributed by atoms with Gasteiger partial charge in [-0.15, -0.1) is 0 Å². The van der Waals surface area contributed by atoms with E-state index in [1.54, 1.807) is 0 Å². The van der Waals surface area contributed by atoms with E-state index in [-0.39, 0.29) is 0 Å². The van der Waals surface area contributed by atoms with Gasteiger partial charge in [-0.25, -0.2) is 4.98 Å². The Morgan fingerprint density at radius 2 is 2.19 bits per heavy atom. The number of thiazole rings is 1. The predicted molar refractivity (Wildman–Crippen MR) is 66.3 cm³/mol. The first kappa shape index (κ1) is 9.78. The number of pyridine rings is 1. The highest BCUT2D eigenvalue weighted by molar-refractivity contribution is 7.18. The van der Waals surface area contributed by atoms with Crippen molar-refractivity contribution in [2.45, 2.75) is 25.2 Å². The van der Waals surface area contributed by atoms with Crippen molar-refractivity contribution in [1.29, 1.82) is 0 Å². The molecule has 0 atom stereocenters. The molecule has 2 aromatic rings. The highest BCUT2D eigenvalue weighted by Gasteiger charge is 2.40. The molecule has 0 radical (unpaired) electrons. The van der Waals surface area contributed by atoms with Crippen LogP contribution in [0.25, 0.3) is 10.4 Å². The molecule has 3 nitrogen and oxygen atoms in total. The quantitative estimate of drug-likeness (QED) is 0.864. The van der Waals surface area contributed by atoms with Crippen molar-refractivity contribution in [1.82, 2.24) is 9.97 Å². The van der Waals surface area contributed by atoms with Gasteiger partial charge in [0.15, 0.2) is 5.13 Å². The maximum absolute atomic E-state index is 5.64. The smallest absolute Gasteiger partial charge is 0.180 e. The molecule has 0 amide bonds. The van der Waals surface area contributed by atoms with Crippen LogP contribution in [0.2, 0.25) is 0 Å². The Bertz CT molecular complexity index is 529. The van der Waals surface area contributed by atoms with Crippen molar-refractivity contribution in [2.75, 3.05) is 5.73 Å². The molecule has 0 aliphatic heterocycles. The van der Waals surface area contributed by atoms with Gasteiger partial charge in [0.2, 0.25) is 0 Å². The van der Waals surface area contributed by atoms with E-state index >= 15 is 0 Å². The van der Waals surface area contributed by atoms with E-state index in [4.69, 9.17) is 5.73 Å². The standard InChI is InChI=1S/C12H13N3S/c1-12(3-4-12)10-6-8(2-5-14-10)9-7-15-11(13)16-9/h2,5-7H,3-4H2,1H3,(H2,13,15). The molecule has 16 heavy (non-hydrogen) atoms. The van der Waals surface area contributed by atoms with E-state index in [0.717, 1.165) is 4.88 Å². The lowest BCUT2D eigenvalue weighted by Gasteiger charge is -2.08. The maximum atomic E-state index is 5.64. The van der Waals surface area contributed by atoms with Gasteiger partial charge >= 0.3 is 0 Å². The Hall–Kier alpha value is -1.42. The van der Waals surface area contributed by atoms with Gasteiger partial charge < -0.3 is 5.73 Å². The molecule has 82 valence electrons. The van der Waals surface area contributed by atoms with Crippen LogP contribution in [0.3, 0.4) is 0 Å². The number of nitrogens with zero attached hydrogens (tertiary/aromatic N) is 2. The van der Waals surface area contributed by atoms with Gasteiger partial charge in [-0.2, -0.15) is 0 Å². The molecular weight excluding hydrogens is 218 g/mol. The fourth-order valence-electron chi connectivity index (χ4n) is 1.78. The van der Waals surface area contributed by atoms with Crippen molar-refractivity contribution in [3.05, 3.63) is 30.2 Å². The fourth-order valence-corrected chi connectivity index (χ4v) is 2.46. The first-order valence-electron chi connectivity index (χ1n) is 5.36. The van der Waals surface area contributed by atoms with E-state index in [0.29, 0.717) is 10.5 Å². The Morgan fingerprint density at radius 1 is 1.38 bits per heavy atom. The average molecular weight is 231 g/mol. The lowest BCUT2D eigenvalue weighted by Crippen LogP contribution is -2.02. The van der Waals surface area contributed by atoms with Gasteiger partial charge in [0.25, 0.3) is 0 Å². The minimum atomic E-state index is 0.312. The first-order valence-corrected chi connectivity index (χ1v) is 6.17. The van der Waals surface area contributed by atoms with Crippen LogP contribution >= 0.6 is 11.3 Å². The molecule has 1 saturated carbocycles. The second-order valence-electron chi connectivity index (χ2n) is 4.55.